The molecule has 0 spiro atoms. The molecular formula is C15H14N2O2S. The highest BCUT2D eigenvalue weighted by atomic mass is 32.1. The average molecular weight is 286 g/mol. The molecule has 1 aliphatic rings. The number of aromatic hydroxyl groups is 1. The molecule has 3 rings (SSSR count). The summed E-state index contributed by atoms with van der Waals surface area (Å²) in [6.07, 6.45) is 1.88. The summed E-state index contributed by atoms with van der Waals surface area (Å²) in [5.74, 6) is 0.316. The van der Waals surface area contributed by atoms with E-state index in [-0.39, 0.29) is 22.7 Å². The van der Waals surface area contributed by atoms with E-state index in [0.29, 0.717) is 0 Å². The van der Waals surface area contributed by atoms with Gasteiger partial charge in [-0.1, -0.05) is 24.3 Å². The molecule has 1 aliphatic carbocycles. The van der Waals surface area contributed by atoms with E-state index in [1.165, 1.54) is 0 Å². The second-order valence-electron chi connectivity index (χ2n) is 4.90. The standard InChI is InChI=1S/C15H14N2O2S/c18-13-6-2-3-10-11(13)4-1-5-12(10)16-15(20)17-14(19)9-7-8-9/h1-6,9,18H,7-8H2,(H2,16,17,19,20). The second-order valence-corrected chi connectivity index (χ2v) is 5.30. The second kappa shape index (κ2) is 5.09. The first-order chi connectivity index (χ1) is 9.65. The third-order valence-electron chi connectivity index (χ3n) is 3.33. The van der Waals surface area contributed by atoms with Gasteiger partial charge in [0.1, 0.15) is 5.75 Å². The van der Waals surface area contributed by atoms with Crippen LogP contribution in [0.1, 0.15) is 12.8 Å². The predicted octanol–water partition coefficient (Wildman–Crippen LogP) is 2.77. The van der Waals surface area contributed by atoms with Gasteiger partial charge in [0.25, 0.3) is 0 Å². The van der Waals surface area contributed by atoms with Crippen molar-refractivity contribution in [2.24, 2.45) is 5.92 Å². The Morgan fingerprint density at radius 3 is 2.60 bits per heavy atom. The van der Waals surface area contributed by atoms with Gasteiger partial charge in [-0.2, -0.15) is 0 Å². The van der Waals surface area contributed by atoms with Crippen molar-refractivity contribution < 1.29 is 9.90 Å². The summed E-state index contributed by atoms with van der Waals surface area (Å²) < 4.78 is 0. The number of hydrogen-bond acceptors (Lipinski definition) is 3. The van der Waals surface area contributed by atoms with Crippen molar-refractivity contribution in [3.05, 3.63) is 36.4 Å². The Kier molecular flexibility index (Phi) is 3.28. The molecule has 0 bridgehead atoms. The number of anilines is 1. The van der Waals surface area contributed by atoms with Gasteiger partial charge in [-0.05, 0) is 37.2 Å². The molecule has 0 unspecified atom stereocenters. The van der Waals surface area contributed by atoms with Gasteiger partial charge in [0.2, 0.25) is 5.91 Å². The minimum Gasteiger partial charge on any atom is -0.507 e. The Morgan fingerprint density at radius 1 is 1.15 bits per heavy atom. The monoisotopic (exact) mass is 286 g/mol. The van der Waals surface area contributed by atoms with Crippen LogP contribution in [-0.2, 0) is 4.79 Å². The number of hydrogen-bond donors (Lipinski definition) is 3. The van der Waals surface area contributed by atoms with Crippen molar-refractivity contribution in [2.45, 2.75) is 12.8 Å². The number of phenolic OH excluding ortho intramolecular Hbond substituents is 1. The Morgan fingerprint density at radius 2 is 1.85 bits per heavy atom. The zero-order chi connectivity index (χ0) is 14.1. The molecule has 5 heteroatoms. The van der Waals surface area contributed by atoms with Crippen LogP contribution >= 0.6 is 12.2 Å². The van der Waals surface area contributed by atoms with Crippen molar-refractivity contribution >= 4 is 39.7 Å². The van der Waals surface area contributed by atoms with Crippen molar-refractivity contribution in [3.8, 4) is 5.75 Å². The molecule has 20 heavy (non-hydrogen) atoms. The summed E-state index contributed by atoms with van der Waals surface area (Å²) in [5, 5.41) is 17.4. The maximum atomic E-state index is 11.6. The summed E-state index contributed by atoms with van der Waals surface area (Å²) in [5.41, 5.74) is 0.763. The van der Waals surface area contributed by atoms with Crippen molar-refractivity contribution in [1.29, 1.82) is 0 Å². The molecular weight excluding hydrogens is 272 g/mol. The molecule has 2 aromatic carbocycles. The molecule has 2 aromatic rings. The van der Waals surface area contributed by atoms with Crippen LogP contribution in [0.25, 0.3) is 10.8 Å². The molecule has 0 radical (unpaired) electrons. The van der Waals surface area contributed by atoms with Crippen LogP contribution in [0.5, 0.6) is 5.75 Å². The maximum Gasteiger partial charge on any atom is 0.229 e. The van der Waals surface area contributed by atoms with Gasteiger partial charge < -0.3 is 15.7 Å². The third kappa shape index (κ3) is 2.58. The normalized spacial score (nSPS) is 14.0. The lowest BCUT2D eigenvalue weighted by Crippen LogP contribution is -2.35. The van der Waals surface area contributed by atoms with Crippen molar-refractivity contribution in [1.82, 2.24) is 5.32 Å². The summed E-state index contributed by atoms with van der Waals surface area (Å²) in [6, 6.07) is 10.8. The van der Waals surface area contributed by atoms with Crippen LogP contribution in [0.4, 0.5) is 5.69 Å². The molecule has 0 saturated heterocycles. The van der Waals surface area contributed by atoms with Crippen LogP contribution in [0.15, 0.2) is 36.4 Å². The fourth-order valence-corrected chi connectivity index (χ4v) is 2.33. The number of carbonyl (C=O) groups excluding carboxylic acids is 1. The molecule has 4 nitrogen and oxygen atoms in total. The van der Waals surface area contributed by atoms with Crippen molar-refractivity contribution in [2.75, 3.05) is 5.32 Å². The maximum absolute atomic E-state index is 11.6. The van der Waals surface area contributed by atoms with Gasteiger partial charge in [0.15, 0.2) is 5.11 Å². The minimum absolute atomic E-state index is 0.0226. The van der Waals surface area contributed by atoms with E-state index in [1.807, 2.05) is 24.3 Å². The van der Waals surface area contributed by atoms with E-state index >= 15 is 0 Å². The number of carbonyl (C=O) groups is 1. The Labute approximate surface area is 121 Å². The van der Waals surface area contributed by atoms with Crippen molar-refractivity contribution in [3.63, 3.8) is 0 Å². The number of nitrogens with one attached hydrogen (secondary N) is 2. The molecule has 1 saturated carbocycles. The lowest BCUT2D eigenvalue weighted by atomic mass is 10.1. The molecule has 1 amide bonds. The van der Waals surface area contributed by atoms with E-state index in [9.17, 15) is 9.90 Å². The quantitative estimate of drug-likeness (QED) is 0.743. The largest absolute Gasteiger partial charge is 0.507 e. The van der Waals surface area contributed by atoms with Gasteiger partial charge in [-0.25, -0.2) is 0 Å². The first kappa shape index (κ1) is 12.9. The zero-order valence-corrected chi connectivity index (χ0v) is 11.5. The average Bonchev–Trinajstić information content (AvgIpc) is 3.24. The zero-order valence-electron chi connectivity index (χ0n) is 10.7. The van der Waals surface area contributed by atoms with Gasteiger partial charge in [0, 0.05) is 22.4 Å². The highest BCUT2D eigenvalue weighted by Crippen LogP contribution is 2.30. The lowest BCUT2D eigenvalue weighted by molar-refractivity contribution is -0.120. The number of thiocarbonyl (C=S) groups is 1. The molecule has 0 atom stereocenters. The summed E-state index contributed by atoms with van der Waals surface area (Å²) >= 11 is 5.15. The fraction of sp³-hybridized carbons (Fsp3) is 0.200. The molecule has 3 N–H and O–H groups in total. The van der Waals surface area contributed by atoms with Gasteiger partial charge >= 0.3 is 0 Å². The van der Waals surface area contributed by atoms with E-state index in [0.717, 1.165) is 29.3 Å². The van der Waals surface area contributed by atoms with Crippen LogP contribution in [0.3, 0.4) is 0 Å². The van der Waals surface area contributed by atoms with Gasteiger partial charge in [0.05, 0.1) is 0 Å². The third-order valence-corrected chi connectivity index (χ3v) is 3.54. The first-order valence-corrected chi connectivity index (χ1v) is 6.88. The number of phenols is 1. The number of benzene rings is 2. The Hall–Kier alpha value is -2.14. The van der Waals surface area contributed by atoms with Crippen LogP contribution in [0, 0.1) is 5.92 Å². The van der Waals surface area contributed by atoms with E-state index in [4.69, 9.17) is 12.2 Å². The molecule has 1 fully saturated rings. The SMILES string of the molecule is O=C(NC(=S)Nc1cccc2c(O)cccc12)C1CC1. The molecule has 102 valence electrons. The first-order valence-electron chi connectivity index (χ1n) is 6.48. The fourth-order valence-electron chi connectivity index (χ4n) is 2.12. The highest BCUT2D eigenvalue weighted by Gasteiger charge is 2.30. The molecule has 0 aliphatic heterocycles. The Bertz CT molecular complexity index is 695. The summed E-state index contributed by atoms with van der Waals surface area (Å²) in [4.78, 5) is 11.6. The summed E-state index contributed by atoms with van der Waals surface area (Å²) in [6.45, 7) is 0. The van der Waals surface area contributed by atoms with E-state index in [1.54, 1.807) is 12.1 Å². The lowest BCUT2D eigenvalue weighted by Gasteiger charge is -2.12. The molecule has 0 aromatic heterocycles. The molecule has 0 heterocycles. The van der Waals surface area contributed by atoms with E-state index in [2.05, 4.69) is 10.6 Å². The smallest absolute Gasteiger partial charge is 0.229 e. The topological polar surface area (TPSA) is 61.4 Å². The van der Waals surface area contributed by atoms with E-state index < -0.39 is 0 Å². The predicted molar refractivity (Wildman–Crippen MR) is 82.7 cm³/mol. The number of fused-ring (bicyclic) bond motifs is 1. The van der Waals surface area contributed by atoms with Crippen LogP contribution < -0.4 is 10.6 Å². The minimum atomic E-state index is -0.0226. The number of amides is 1. The van der Waals surface area contributed by atoms with Gasteiger partial charge in [-0.15, -0.1) is 0 Å². The van der Waals surface area contributed by atoms with Crippen LogP contribution in [-0.4, -0.2) is 16.1 Å². The van der Waals surface area contributed by atoms with Crippen LogP contribution in [0.2, 0.25) is 0 Å². The highest BCUT2D eigenvalue weighted by molar-refractivity contribution is 7.80. The summed E-state index contributed by atoms with van der Waals surface area (Å²) in [7, 11) is 0. The van der Waals surface area contributed by atoms with Gasteiger partial charge in [-0.3, -0.25) is 4.79 Å². The Balaban J connectivity index is 1.81. The number of rotatable bonds is 2.